The van der Waals surface area contributed by atoms with Gasteiger partial charge in [0.15, 0.2) is 0 Å². The Balaban J connectivity index is 1.47. The molecule has 0 saturated carbocycles. The smallest absolute Gasteiger partial charge is 0.378 e. The van der Waals surface area contributed by atoms with Crippen LogP contribution in [0.1, 0.15) is 72.5 Å². The lowest BCUT2D eigenvalue weighted by atomic mass is 9.78. The molecule has 5 rings (SSSR count). The Bertz CT molecular complexity index is 1300. The van der Waals surface area contributed by atoms with Crippen LogP contribution in [0.5, 0.6) is 0 Å². The average Bonchev–Trinajstić information content (AvgIpc) is 3.28. The van der Waals surface area contributed by atoms with Crippen molar-refractivity contribution in [3.8, 4) is 0 Å². The molecule has 1 spiro atoms. The van der Waals surface area contributed by atoms with E-state index in [2.05, 4.69) is 4.90 Å². The number of alkyl halides is 6. The first-order valence-corrected chi connectivity index (χ1v) is 14.0. The number of ether oxygens (including phenoxy) is 1. The number of hydrogen-bond acceptors (Lipinski definition) is 3. The number of rotatable bonds is 3. The molecule has 0 N–H and O–H groups in total. The van der Waals surface area contributed by atoms with Gasteiger partial charge in [0.1, 0.15) is 5.82 Å². The zero-order valence-electron chi connectivity index (χ0n) is 23.7. The van der Waals surface area contributed by atoms with E-state index in [9.17, 15) is 35.5 Å². The number of morpholine rings is 1. The summed E-state index contributed by atoms with van der Waals surface area (Å²) in [6.45, 7) is 5.52. The molecule has 230 valence electrons. The Morgan fingerprint density at radius 1 is 1.02 bits per heavy atom. The maximum absolute atomic E-state index is 14.1. The number of nitrogens with zero attached hydrogens (tertiary/aromatic N) is 3. The molecule has 4 atom stereocenters. The number of urea groups is 1. The van der Waals surface area contributed by atoms with Gasteiger partial charge in [-0.3, -0.25) is 4.90 Å². The summed E-state index contributed by atoms with van der Waals surface area (Å²) in [4.78, 5) is 19.3. The van der Waals surface area contributed by atoms with Gasteiger partial charge in [-0.15, -0.1) is 0 Å². The molecular weight excluding hydrogens is 567 g/mol. The van der Waals surface area contributed by atoms with Crippen molar-refractivity contribution in [2.75, 3.05) is 33.4 Å². The molecule has 2 aromatic rings. The number of likely N-dealkylation sites (tertiary alicyclic amines) is 1. The van der Waals surface area contributed by atoms with E-state index in [-0.39, 0.29) is 23.2 Å². The summed E-state index contributed by atoms with van der Waals surface area (Å²) < 4.78 is 101. The minimum atomic E-state index is -5.00. The van der Waals surface area contributed by atoms with Gasteiger partial charge in [-0.05, 0) is 86.6 Å². The zero-order valence-corrected chi connectivity index (χ0v) is 23.7. The van der Waals surface area contributed by atoms with Crippen LogP contribution in [0.2, 0.25) is 0 Å². The second-order valence-corrected chi connectivity index (χ2v) is 11.8. The van der Waals surface area contributed by atoms with Crippen LogP contribution in [-0.4, -0.2) is 65.7 Å². The standard InChI is InChI=1S/C30H34F7N3O2/c1-18-12-23(31)4-5-25(18)26-16-28(7-6-24-17-42-11-10-40(24)28)8-9-39(26)27(41)38(3)19(2)20-13-21(29(32,33)34)15-22(14-20)30(35,36)37/h4-5,12-15,19,24,26H,6-11,16-17H2,1-3H3/t19-,24+,26+,28+/m1/s1. The van der Waals surface area contributed by atoms with Crippen molar-refractivity contribution in [1.29, 1.82) is 0 Å². The summed E-state index contributed by atoms with van der Waals surface area (Å²) >= 11 is 0. The van der Waals surface area contributed by atoms with Gasteiger partial charge in [0, 0.05) is 31.7 Å². The highest BCUT2D eigenvalue weighted by Gasteiger charge is 2.52. The molecule has 0 unspecified atom stereocenters. The van der Waals surface area contributed by atoms with Gasteiger partial charge in [-0.25, -0.2) is 9.18 Å². The molecule has 42 heavy (non-hydrogen) atoms. The van der Waals surface area contributed by atoms with Gasteiger partial charge in [-0.1, -0.05) is 6.07 Å². The third-order valence-corrected chi connectivity index (χ3v) is 9.36. The maximum Gasteiger partial charge on any atom is 0.416 e. The Morgan fingerprint density at radius 3 is 2.31 bits per heavy atom. The van der Waals surface area contributed by atoms with Crippen molar-refractivity contribution >= 4 is 6.03 Å². The van der Waals surface area contributed by atoms with Gasteiger partial charge in [0.05, 0.1) is 36.4 Å². The van der Waals surface area contributed by atoms with Crippen LogP contribution in [0.3, 0.4) is 0 Å². The van der Waals surface area contributed by atoms with Crippen LogP contribution in [0, 0.1) is 12.7 Å². The summed E-state index contributed by atoms with van der Waals surface area (Å²) in [7, 11) is 1.38. The fourth-order valence-corrected chi connectivity index (χ4v) is 6.97. The molecule has 5 nitrogen and oxygen atoms in total. The largest absolute Gasteiger partial charge is 0.416 e. The van der Waals surface area contributed by atoms with E-state index in [1.54, 1.807) is 17.9 Å². The predicted molar refractivity (Wildman–Crippen MR) is 141 cm³/mol. The number of piperidine rings is 1. The second kappa shape index (κ2) is 11.0. The van der Waals surface area contributed by atoms with E-state index in [0.717, 1.165) is 24.9 Å². The average molecular weight is 602 g/mol. The van der Waals surface area contributed by atoms with Crippen LogP contribution in [0.4, 0.5) is 35.5 Å². The summed E-state index contributed by atoms with van der Waals surface area (Å²) in [5.41, 5.74) is -1.90. The summed E-state index contributed by atoms with van der Waals surface area (Å²) in [6.07, 6.45) is -6.89. The first kappa shape index (κ1) is 30.6. The van der Waals surface area contributed by atoms with E-state index in [4.69, 9.17) is 4.74 Å². The molecule has 2 aromatic carbocycles. The fourth-order valence-electron chi connectivity index (χ4n) is 6.97. The van der Waals surface area contributed by atoms with Crippen LogP contribution in [-0.2, 0) is 17.1 Å². The van der Waals surface area contributed by atoms with Crippen molar-refractivity contribution < 1.29 is 40.3 Å². The summed E-state index contributed by atoms with van der Waals surface area (Å²) in [6, 6.07) is 4.00. The zero-order chi connectivity index (χ0) is 30.6. The predicted octanol–water partition coefficient (Wildman–Crippen LogP) is 7.36. The molecule has 0 bridgehead atoms. The first-order chi connectivity index (χ1) is 19.6. The number of aryl methyl sites for hydroxylation is 1. The van der Waals surface area contributed by atoms with Crippen molar-refractivity contribution in [3.05, 3.63) is 70.0 Å². The Kier molecular flexibility index (Phi) is 8.02. The van der Waals surface area contributed by atoms with Gasteiger partial charge < -0.3 is 14.5 Å². The number of benzene rings is 2. The molecule has 0 aromatic heterocycles. The van der Waals surface area contributed by atoms with Crippen LogP contribution < -0.4 is 0 Å². The lowest BCUT2D eigenvalue weighted by Gasteiger charge is -2.52. The summed E-state index contributed by atoms with van der Waals surface area (Å²) in [5, 5.41) is 0. The van der Waals surface area contributed by atoms with Gasteiger partial charge >= 0.3 is 18.4 Å². The lowest BCUT2D eigenvalue weighted by molar-refractivity contribution is -0.143. The third-order valence-electron chi connectivity index (χ3n) is 9.36. The van der Waals surface area contributed by atoms with E-state index in [1.807, 2.05) is 0 Å². The molecule has 3 aliphatic rings. The van der Waals surface area contributed by atoms with Crippen LogP contribution in [0.25, 0.3) is 0 Å². The monoisotopic (exact) mass is 601 g/mol. The number of amides is 2. The van der Waals surface area contributed by atoms with Crippen LogP contribution >= 0.6 is 0 Å². The molecule has 0 aliphatic carbocycles. The molecule has 3 saturated heterocycles. The number of carbonyl (C=O) groups is 1. The van der Waals surface area contributed by atoms with E-state index in [0.29, 0.717) is 50.3 Å². The van der Waals surface area contributed by atoms with Crippen molar-refractivity contribution in [2.45, 2.75) is 75.5 Å². The van der Waals surface area contributed by atoms with Crippen LogP contribution in [0.15, 0.2) is 36.4 Å². The molecule has 3 heterocycles. The fraction of sp³-hybridized carbons (Fsp3) is 0.567. The normalized spacial score (nSPS) is 25.9. The molecule has 3 aliphatic heterocycles. The molecule has 12 heteroatoms. The topological polar surface area (TPSA) is 36.0 Å². The highest BCUT2D eigenvalue weighted by Crippen LogP contribution is 2.49. The quantitative estimate of drug-likeness (QED) is 0.345. The first-order valence-electron chi connectivity index (χ1n) is 14.0. The molecule has 3 fully saturated rings. The number of hydrogen-bond donors (Lipinski definition) is 0. The number of fused-ring (bicyclic) bond motifs is 2. The SMILES string of the molecule is Cc1cc(F)ccc1[C@@H]1C[C@]2(CC[C@H]3COCCN32)CCN1C(=O)N(C)[C@H](C)c1cc(C(F)(F)F)cc(C(F)(F)F)c1. The highest BCUT2D eigenvalue weighted by molar-refractivity contribution is 5.75. The van der Waals surface area contributed by atoms with Crippen molar-refractivity contribution in [3.63, 3.8) is 0 Å². The number of halogens is 7. The third kappa shape index (κ3) is 5.71. The second-order valence-electron chi connectivity index (χ2n) is 11.8. The molecule has 0 radical (unpaired) electrons. The maximum atomic E-state index is 14.1. The van der Waals surface area contributed by atoms with Crippen molar-refractivity contribution in [1.82, 2.24) is 14.7 Å². The minimum absolute atomic E-state index is 0.0793. The Hall–Kier alpha value is -2.86. The Labute approximate surface area is 240 Å². The highest BCUT2D eigenvalue weighted by atomic mass is 19.4. The Morgan fingerprint density at radius 2 is 1.69 bits per heavy atom. The lowest BCUT2D eigenvalue weighted by Crippen LogP contribution is -2.59. The van der Waals surface area contributed by atoms with Crippen molar-refractivity contribution in [2.24, 2.45) is 0 Å². The van der Waals surface area contributed by atoms with Gasteiger partial charge in [0.25, 0.3) is 0 Å². The van der Waals surface area contributed by atoms with Gasteiger partial charge in [0.2, 0.25) is 0 Å². The molecule has 2 amide bonds. The van der Waals surface area contributed by atoms with E-state index in [1.165, 1.54) is 31.0 Å². The summed E-state index contributed by atoms with van der Waals surface area (Å²) in [5.74, 6) is -0.412. The van der Waals surface area contributed by atoms with E-state index >= 15 is 0 Å². The molecular formula is C30H34F7N3O2. The number of carbonyl (C=O) groups excluding carboxylic acids is 1. The van der Waals surface area contributed by atoms with Gasteiger partial charge in [-0.2, -0.15) is 26.3 Å². The van der Waals surface area contributed by atoms with E-state index < -0.39 is 47.4 Å². The minimum Gasteiger partial charge on any atom is -0.378 e.